The Kier molecular flexibility index (Phi) is 42.3. The fourth-order valence-corrected chi connectivity index (χ4v) is 17.1. The summed E-state index contributed by atoms with van der Waals surface area (Å²) in [5.41, 5.74) is 15.1. The maximum atomic E-state index is 6.86. The van der Waals surface area contributed by atoms with Gasteiger partial charge in [0.25, 0.3) is 0 Å². The summed E-state index contributed by atoms with van der Waals surface area (Å²) in [7, 11) is 0. The molecule has 0 unspecified atom stereocenters. The molecule has 0 aliphatic rings. The molecule has 0 saturated carbocycles. The number of nitrogens with zero attached hydrogens (tertiary/aromatic N) is 24. The first kappa shape index (κ1) is 108. The summed E-state index contributed by atoms with van der Waals surface area (Å²) in [6.07, 6.45) is 49.4. The summed E-state index contributed by atoms with van der Waals surface area (Å²) in [4.78, 5) is 25.0. The van der Waals surface area contributed by atoms with Crippen LogP contribution >= 0.6 is 0 Å². The smallest absolute Gasteiger partial charge is 0.134 e. The van der Waals surface area contributed by atoms with Gasteiger partial charge in [-0.05, 0) is 351 Å². The van der Waals surface area contributed by atoms with Crippen molar-refractivity contribution in [1.82, 2.24) is 120 Å². The first-order valence-corrected chi connectivity index (χ1v) is 52.6. The molecular formula is C114H138N24O12. The lowest BCUT2D eigenvalue weighted by molar-refractivity contribution is 0.0624. The number of aromatic nitrogens is 24. The van der Waals surface area contributed by atoms with Gasteiger partial charge in [-0.25, -0.2) is 0 Å². The molecule has 12 aromatic heterocycles. The van der Waals surface area contributed by atoms with Crippen molar-refractivity contribution < 1.29 is 56.8 Å². The van der Waals surface area contributed by atoms with E-state index in [1.165, 1.54) is 0 Å². The first-order valence-electron chi connectivity index (χ1n) is 52.6. The van der Waals surface area contributed by atoms with Crippen LogP contribution in [-0.2, 0) is 107 Å². The highest BCUT2D eigenvalue weighted by Crippen LogP contribution is 2.42. The number of aryl methyl sites for hydroxylation is 6. The van der Waals surface area contributed by atoms with Gasteiger partial charge in [-0.3, -0.25) is 58.0 Å². The first-order chi connectivity index (χ1) is 73.8. The number of benzene rings is 4. The summed E-state index contributed by atoms with van der Waals surface area (Å²) in [5.74, 6) is 3.06. The Morgan fingerprint density at radius 1 is 0.187 bits per heavy atom. The van der Waals surface area contributed by atoms with Crippen LogP contribution in [0.5, 0.6) is 34.5 Å². The predicted molar refractivity (Wildman–Crippen MR) is 564 cm³/mol. The lowest BCUT2D eigenvalue weighted by atomic mass is 9.92. The zero-order valence-electron chi connectivity index (χ0n) is 86.8. The van der Waals surface area contributed by atoms with E-state index in [0.29, 0.717) is 148 Å². The van der Waals surface area contributed by atoms with E-state index in [1.807, 2.05) is 193 Å². The maximum Gasteiger partial charge on any atom is 0.134 e. The van der Waals surface area contributed by atoms with Gasteiger partial charge in [0.1, 0.15) is 108 Å². The van der Waals surface area contributed by atoms with Crippen molar-refractivity contribution in [3.05, 3.63) is 325 Å². The molecule has 0 spiro atoms. The van der Waals surface area contributed by atoms with Crippen molar-refractivity contribution in [3.8, 4) is 67.9 Å². The number of pyridine rings is 6. The molecule has 0 N–H and O–H groups in total. The van der Waals surface area contributed by atoms with Gasteiger partial charge in [-0.2, -0.15) is 0 Å². The second-order valence-electron chi connectivity index (χ2n) is 37.6. The molecule has 150 heavy (non-hydrogen) atoms. The molecule has 0 aliphatic heterocycles. The molecule has 0 fully saturated rings. The van der Waals surface area contributed by atoms with Crippen LogP contribution in [0.1, 0.15) is 261 Å². The summed E-state index contributed by atoms with van der Waals surface area (Å²) >= 11 is 0. The molecule has 36 nitrogen and oxygen atoms in total. The third-order valence-corrected chi connectivity index (χ3v) is 25.9. The summed E-state index contributed by atoms with van der Waals surface area (Å²) in [6.45, 7) is 20.9. The van der Waals surface area contributed by atoms with E-state index in [2.05, 4.69) is 152 Å². The van der Waals surface area contributed by atoms with Gasteiger partial charge in [0.05, 0.1) is 73.8 Å². The second-order valence-corrected chi connectivity index (χ2v) is 37.6. The van der Waals surface area contributed by atoms with Gasteiger partial charge in [0, 0.05) is 171 Å². The topological polar surface area (TPSA) is 372 Å². The number of hydrogen-bond donors (Lipinski definition) is 0. The number of hydrogen-bond acceptors (Lipinski definition) is 30. The quantitative estimate of drug-likeness (QED) is 0.0319. The van der Waals surface area contributed by atoms with E-state index in [0.717, 1.165) is 182 Å². The molecule has 786 valence electrons. The molecule has 36 heteroatoms. The van der Waals surface area contributed by atoms with Crippen molar-refractivity contribution >= 4 is 0 Å². The Morgan fingerprint density at radius 2 is 0.340 bits per heavy atom. The Labute approximate surface area is 876 Å². The number of ether oxygens (including phenoxy) is 12. The fourth-order valence-electron chi connectivity index (χ4n) is 17.1. The highest BCUT2D eigenvalue weighted by Gasteiger charge is 2.21. The molecule has 0 bridgehead atoms. The van der Waals surface area contributed by atoms with Crippen molar-refractivity contribution in [3.63, 3.8) is 0 Å². The molecule has 0 amide bonds. The normalized spacial score (nSPS) is 12.8. The average Bonchev–Trinajstić information content (AvgIpc) is 1.14. The van der Waals surface area contributed by atoms with Gasteiger partial charge in [0.15, 0.2) is 0 Å². The van der Waals surface area contributed by atoms with Crippen LogP contribution in [0.4, 0.5) is 0 Å². The van der Waals surface area contributed by atoms with E-state index in [1.54, 1.807) is 74.4 Å². The van der Waals surface area contributed by atoms with Gasteiger partial charge in [-0.15, -0.1) is 30.6 Å². The summed E-state index contributed by atoms with van der Waals surface area (Å²) in [6, 6.07) is 48.1. The molecular weight excluding hydrogens is 1900 g/mol. The van der Waals surface area contributed by atoms with Crippen molar-refractivity contribution in [1.29, 1.82) is 0 Å². The molecule has 16 rings (SSSR count). The zero-order valence-corrected chi connectivity index (χ0v) is 86.8. The SMILES string of the molecule is C[C@@H](OCCCCCn1cc(COc2cc(OCc3cn(CCCCCO[C@H](C)c4ccncc4)nn3)cc(-c3cc(-c4cc(OCc5cn(CCCCCO[C@H](C)c6ccncc6)nn5)cc(OCc5cn(CCCCCO[C@H](C)c6ccncc6)nn5)c4)cc(-c4cc(OCc5cn(CCCCCO[C@H](C)c6ccncc6)nn5)cc(OCc5cn(CCCCCO[C@H](C)c6ccncc6)nn5)c4)c3)c2)nn1)c1ccncc1. The Morgan fingerprint density at radius 3 is 0.500 bits per heavy atom. The summed E-state index contributed by atoms with van der Waals surface area (Å²) in [5, 5.41) is 55.0. The van der Waals surface area contributed by atoms with E-state index in [4.69, 9.17) is 56.8 Å². The standard InChI is InChI=1S/C114H138N24O12/c1-85(91-25-37-115-38-26-91)139-55-19-7-13-49-133-73-103(121-127-133)79-145-109-64-100(65-110(70-109)146-80-104-74-134(128-122-104)50-14-8-20-56-140-86(2)92-27-39-116-40-28-92)97-61-98(101-66-111(147-81-105-75-135(129-123-105)51-15-9-21-57-141-87(3)93-29-41-117-42-30-93)71-112(67-101)148-82-106-76-136(130-124-106)52-16-10-22-58-142-88(4)94-31-43-118-44-32-94)63-99(62-97)102-68-113(149-83-107-77-137(131-125-107)53-17-11-23-59-143-89(5)95-33-45-119-46-34-95)72-114(69-102)150-84-108-78-138(132-126-108)54-18-12-24-60-144-90(6)96-35-47-120-48-36-96/h25-48,61-78,85-90H,7-24,49-60,79-84H2,1-6H3/t85-,86-,87-,88-,89-,90-/m1/s1. The second kappa shape index (κ2) is 58.8. The van der Waals surface area contributed by atoms with Crippen LogP contribution in [0.2, 0.25) is 0 Å². The Bertz CT molecular complexity index is 5600. The number of unbranched alkanes of at least 4 members (excludes halogenated alkanes) is 12. The van der Waals surface area contributed by atoms with Crippen molar-refractivity contribution in [2.75, 3.05) is 39.6 Å². The lowest BCUT2D eigenvalue weighted by Crippen LogP contribution is -2.03. The minimum absolute atomic E-state index is 0.0269. The minimum atomic E-state index is -0.0269. The van der Waals surface area contributed by atoms with Gasteiger partial charge in [-0.1, -0.05) is 31.3 Å². The minimum Gasteiger partial charge on any atom is -0.487 e. The zero-order chi connectivity index (χ0) is 103. The van der Waals surface area contributed by atoms with E-state index in [-0.39, 0.29) is 76.3 Å². The van der Waals surface area contributed by atoms with Crippen LogP contribution in [-0.4, -0.2) is 160 Å². The molecule has 16 aromatic rings. The molecule has 6 atom stereocenters. The van der Waals surface area contributed by atoms with Crippen molar-refractivity contribution in [2.45, 2.75) is 273 Å². The van der Waals surface area contributed by atoms with Crippen LogP contribution in [0.3, 0.4) is 0 Å². The van der Waals surface area contributed by atoms with Crippen LogP contribution in [0.25, 0.3) is 33.4 Å². The third kappa shape index (κ3) is 35.7. The lowest BCUT2D eigenvalue weighted by Gasteiger charge is -2.17. The van der Waals surface area contributed by atoms with E-state index < -0.39 is 0 Å². The van der Waals surface area contributed by atoms with Crippen LogP contribution in [0, 0.1) is 0 Å². The monoisotopic (exact) mass is 2040 g/mol. The van der Waals surface area contributed by atoms with Gasteiger partial charge < -0.3 is 56.8 Å². The largest absolute Gasteiger partial charge is 0.487 e. The highest BCUT2D eigenvalue weighted by molar-refractivity contribution is 5.83. The van der Waals surface area contributed by atoms with Gasteiger partial charge >= 0.3 is 0 Å². The fraction of sp³-hybridized carbons (Fsp3) is 0.421. The molecule has 0 saturated heterocycles. The third-order valence-electron chi connectivity index (χ3n) is 25.9. The van der Waals surface area contributed by atoms with Crippen LogP contribution < -0.4 is 28.4 Å². The Balaban J connectivity index is 0.701. The maximum absolute atomic E-state index is 6.86. The molecule has 12 heterocycles. The molecule has 0 aliphatic carbocycles. The van der Waals surface area contributed by atoms with Crippen molar-refractivity contribution in [2.24, 2.45) is 0 Å². The predicted octanol–water partition coefficient (Wildman–Crippen LogP) is 21.8. The van der Waals surface area contributed by atoms with Crippen LogP contribution in [0.15, 0.2) is 257 Å². The summed E-state index contributed by atoms with van der Waals surface area (Å²) < 4.78 is 89.5. The van der Waals surface area contributed by atoms with E-state index >= 15 is 0 Å². The number of rotatable bonds is 69. The van der Waals surface area contributed by atoms with Gasteiger partial charge in [0.2, 0.25) is 0 Å². The molecule has 0 radical (unpaired) electrons. The molecule has 4 aromatic carbocycles. The Hall–Kier alpha value is -14.8. The average molecular weight is 2040 g/mol. The van der Waals surface area contributed by atoms with E-state index in [9.17, 15) is 0 Å². The highest BCUT2D eigenvalue weighted by atomic mass is 16.5.